The van der Waals surface area contributed by atoms with Gasteiger partial charge in [0.1, 0.15) is 18.1 Å². The number of aliphatic hydroxyl groups is 1. The molecule has 3 rings (SSSR count). The summed E-state index contributed by atoms with van der Waals surface area (Å²) in [6.07, 6.45) is 4.59. The lowest BCUT2D eigenvalue weighted by Crippen LogP contribution is -2.39. The molecule has 1 N–H and O–H groups in total. The van der Waals surface area contributed by atoms with Crippen molar-refractivity contribution in [3.8, 4) is 35.4 Å². The van der Waals surface area contributed by atoms with E-state index in [9.17, 15) is 5.11 Å². The molecule has 192 valence electrons. The molecule has 0 bridgehead atoms. The second-order valence-corrected chi connectivity index (χ2v) is 9.24. The number of rotatable bonds is 13. The monoisotopic (exact) mass is 491 g/mol. The highest BCUT2D eigenvalue weighted by molar-refractivity contribution is 5.46. The highest BCUT2D eigenvalue weighted by atomic mass is 16.5. The SMILES string of the molecule is C#CCOC[C@H](O)CN(Cc1c(C(C)C)nn(-c2ccc(OC)cc2)c1Oc1ccccc1)C(C)C. The number of nitrogens with zero attached hydrogens (tertiary/aromatic N) is 3. The van der Waals surface area contributed by atoms with Gasteiger partial charge in [0.15, 0.2) is 0 Å². The number of aromatic nitrogens is 2. The summed E-state index contributed by atoms with van der Waals surface area (Å²) in [5.41, 5.74) is 2.80. The van der Waals surface area contributed by atoms with Gasteiger partial charge in [-0.3, -0.25) is 4.90 Å². The molecule has 3 aromatic rings. The van der Waals surface area contributed by atoms with Crippen molar-refractivity contribution in [2.75, 3.05) is 26.9 Å². The van der Waals surface area contributed by atoms with Gasteiger partial charge in [0.25, 0.3) is 0 Å². The van der Waals surface area contributed by atoms with Crippen LogP contribution in [0, 0.1) is 12.3 Å². The van der Waals surface area contributed by atoms with Crippen LogP contribution in [0.4, 0.5) is 0 Å². The minimum atomic E-state index is -0.668. The normalized spacial score (nSPS) is 12.2. The molecule has 0 spiro atoms. The number of aliphatic hydroxyl groups excluding tert-OH is 1. The largest absolute Gasteiger partial charge is 0.497 e. The van der Waals surface area contributed by atoms with Gasteiger partial charge in [-0.1, -0.05) is 38.0 Å². The first-order valence-electron chi connectivity index (χ1n) is 12.3. The lowest BCUT2D eigenvalue weighted by atomic mass is 10.0. The van der Waals surface area contributed by atoms with Gasteiger partial charge in [-0.2, -0.15) is 5.10 Å². The minimum Gasteiger partial charge on any atom is -0.497 e. The Labute approximate surface area is 214 Å². The Morgan fingerprint density at radius 2 is 1.72 bits per heavy atom. The summed E-state index contributed by atoms with van der Waals surface area (Å²) in [6, 6.07) is 17.6. The van der Waals surface area contributed by atoms with Gasteiger partial charge < -0.3 is 19.3 Å². The first kappa shape index (κ1) is 27.3. The summed E-state index contributed by atoms with van der Waals surface area (Å²) in [5.74, 6) is 4.74. The summed E-state index contributed by atoms with van der Waals surface area (Å²) in [5, 5.41) is 15.6. The van der Waals surface area contributed by atoms with E-state index in [2.05, 4.69) is 38.5 Å². The molecule has 0 saturated carbocycles. The minimum absolute atomic E-state index is 0.163. The molecule has 0 fully saturated rings. The third kappa shape index (κ3) is 7.11. The molecule has 7 heteroatoms. The molecule has 2 aromatic carbocycles. The molecule has 36 heavy (non-hydrogen) atoms. The van der Waals surface area contributed by atoms with Gasteiger partial charge in [0.2, 0.25) is 5.88 Å². The molecule has 1 atom stereocenters. The zero-order chi connectivity index (χ0) is 26.1. The molecule has 0 unspecified atom stereocenters. The maximum atomic E-state index is 10.6. The third-order valence-electron chi connectivity index (χ3n) is 5.82. The lowest BCUT2D eigenvalue weighted by molar-refractivity contribution is 0.0190. The van der Waals surface area contributed by atoms with Gasteiger partial charge in [-0.05, 0) is 56.2 Å². The van der Waals surface area contributed by atoms with Gasteiger partial charge in [0, 0.05) is 19.1 Å². The second-order valence-electron chi connectivity index (χ2n) is 9.24. The van der Waals surface area contributed by atoms with Crippen LogP contribution in [0.1, 0.15) is 44.9 Å². The highest BCUT2D eigenvalue weighted by Gasteiger charge is 2.26. The molecule has 0 amide bonds. The van der Waals surface area contributed by atoms with E-state index in [4.69, 9.17) is 25.7 Å². The summed E-state index contributed by atoms with van der Waals surface area (Å²) < 4.78 is 19.0. The fourth-order valence-corrected chi connectivity index (χ4v) is 3.91. The van der Waals surface area contributed by atoms with Crippen molar-refractivity contribution in [1.29, 1.82) is 0 Å². The fourth-order valence-electron chi connectivity index (χ4n) is 3.91. The molecule has 0 aliphatic rings. The molecule has 0 radical (unpaired) electrons. The Balaban J connectivity index is 2.03. The summed E-state index contributed by atoms with van der Waals surface area (Å²) >= 11 is 0. The van der Waals surface area contributed by atoms with Crippen LogP contribution in [0.15, 0.2) is 54.6 Å². The molecule has 0 aliphatic heterocycles. The van der Waals surface area contributed by atoms with Crippen molar-refractivity contribution in [2.45, 2.75) is 52.3 Å². The highest BCUT2D eigenvalue weighted by Crippen LogP contribution is 2.35. The Morgan fingerprint density at radius 1 is 1.03 bits per heavy atom. The predicted octanol–water partition coefficient (Wildman–Crippen LogP) is 5.02. The molecule has 7 nitrogen and oxygen atoms in total. The third-order valence-corrected chi connectivity index (χ3v) is 5.82. The van der Waals surface area contributed by atoms with Gasteiger partial charge in [0.05, 0.1) is 36.8 Å². The van der Waals surface area contributed by atoms with E-state index in [0.29, 0.717) is 19.0 Å². The van der Waals surface area contributed by atoms with Crippen molar-refractivity contribution in [3.63, 3.8) is 0 Å². The quantitative estimate of drug-likeness (QED) is 0.268. The van der Waals surface area contributed by atoms with Crippen molar-refractivity contribution < 1.29 is 19.3 Å². The van der Waals surface area contributed by atoms with E-state index in [1.54, 1.807) is 7.11 Å². The second kappa shape index (κ2) is 13.1. The summed E-state index contributed by atoms with van der Waals surface area (Å²) in [7, 11) is 1.65. The van der Waals surface area contributed by atoms with E-state index in [1.165, 1.54) is 0 Å². The molecular weight excluding hydrogens is 454 g/mol. The van der Waals surface area contributed by atoms with Crippen LogP contribution < -0.4 is 9.47 Å². The molecule has 1 heterocycles. The number of hydrogen-bond donors (Lipinski definition) is 1. The number of methoxy groups -OCH3 is 1. The van der Waals surface area contributed by atoms with E-state index < -0.39 is 6.10 Å². The lowest BCUT2D eigenvalue weighted by Gasteiger charge is -2.29. The zero-order valence-electron chi connectivity index (χ0n) is 21.8. The Morgan fingerprint density at radius 3 is 2.31 bits per heavy atom. The molecule has 0 saturated heterocycles. The Kier molecular flexibility index (Phi) is 9.95. The first-order valence-corrected chi connectivity index (χ1v) is 12.3. The smallest absolute Gasteiger partial charge is 0.227 e. The molecule has 1 aromatic heterocycles. The summed E-state index contributed by atoms with van der Waals surface area (Å²) in [6.45, 7) is 9.81. The topological polar surface area (TPSA) is 69.0 Å². The van der Waals surface area contributed by atoms with Crippen LogP contribution in [0.25, 0.3) is 5.69 Å². The fraction of sp³-hybridized carbons (Fsp3) is 0.414. The number of para-hydroxylation sites is 1. The van der Waals surface area contributed by atoms with Crippen LogP contribution in [0.5, 0.6) is 17.4 Å². The van der Waals surface area contributed by atoms with E-state index in [1.807, 2.05) is 59.3 Å². The van der Waals surface area contributed by atoms with Crippen LogP contribution in [0.2, 0.25) is 0 Å². The van der Waals surface area contributed by atoms with Gasteiger partial charge in [-0.25, -0.2) is 4.68 Å². The standard InChI is InChI=1S/C29H37N3O4/c1-7-17-35-20-24(33)18-31(22(4)5)19-27-28(21(2)3)30-32(23-13-15-25(34-6)16-14-23)29(27)36-26-11-9-8-10-12-26/h1,8-16,21-22,24,33H,17-20H2,2-6H3/t24-/m1/s1. The maximum Gasteiger partial charge on any atom is 0.227 e. The number of benzene rings is 2. The predicted molar refractivity (Wildman–Crippen MR) is 142 cm³/mol. The Bertz CT molecular complexity index is 1120. The number of terminal acetylenes is 1. The van der Waals surface area contributed by atoms with Crippen molar-refractivity contribution in [1.82, 2.24) is 14.7 Å². The number of hydrogen-bond acceptors (Lipinski definition) is 6. The van der Waals surface area contributed by atoms with Gasteiger partial charge in [-0.15, -0.1) is 6.42 Å². The molecular formula is C29H37N3O4. The van der Waals surface area contributed by atoms with E-state index >= 15 is 0 Å². The van der Waals surface area contributed by atoms with Crippen molar-refractivity contribution in [3.05, 3.63) is 65.9 Å². The van der Waals surface area contributed by atoms with Crippen LogP contribution >= 0.6 is 0 Å². The molecule has 0 aliphatic carbocycles. The van der Waals surface area contributed by atoms with E-state index in [0.717, 1.165) is 28.4 Å². The van der Waals surface area contributed by atoms with Crippen molar-refractivity contribution in [2.24, 2.45) is 0 Å². The van der Waals surface area contributed by atoms with Crippen LogP contribution in [-0.2, 0) is 11.3 Å². The Hall–Kier alpha value is -3.31. The van der Waals surface area contributed by atoms with Gasteiger partial charge >= 0.3 is 0 Å². The van der Waals surface area contributed by atoms with Crippen LogP contribution in [-0.4, -0.2) is 58.8 Å². The first-order chi connectivity index (χ1) is 17.3. The summed E-state index contributed by atoms with van der Waals surface area (Å²) in [4.78, 5) is 2.20. The van der Waals surface area contributed by atoms with Crippen molar-refractivity contribution >= 4 is 0 Å². The van der Waals surface area contributed by atoms with Crippen LogP contribution in [0.3, 0.4) is 0 Å². The number of ether oxygens (including phenoxy) is 3. The average molecular weight is 492 g/mol. The maximum absolute atomic E-state index is 10.6. The average Bonchev–Trinajstić information content (AvgIpc) is 3.22. The zero-order valence-corrected chi connectivity index (χ0v) is 21.8. The van der Waals surface area contributed by atoms with E-state index in [-0.39, 0.29) is 25.2 Å².